The van der Waals surface area contributed by atoms with Crippen molar-refractivity contribution >= 4 is 34.0 Å². The third-order valence-electron chi connectivity index (χ3n) is 4.38. The monoisotopic (exact) mass is 409 g/mol. The standard InChI is InChI=1S/C19H23N3O3S.ClH/c1-14-8-10-16(11-9-14)26(24,25)22-18-7-3-2-6-17(18)19(23)21-15-5-4-12-20-13-15;/h2-3,6-11,15,20,22H,4-5,12-13H2,1H3,(H,21,23);1H/t15-;/m0./s1. The molecule has 6 nitrogen and oxygen atoms in total. The Kier molecular flexibility index (Phi) is 7.24. The van der Waals surface area contributed by atoms with Crippen LogP contribution in [0.15, 0.2) is 53.4 Å². The van der Waals surface area contributed by atoms with Crippen LogP contribution in [0.2, 0.25) is 0 Å². The quantitative estimate of drug-likeness (QED) is 0.708. The fourth-order valence-corrected chi connectivity index (χ4v) is 4.01. The van der Waals surface area contributed by atoms with Crippen molar-refractivity contribution in [2.45, 2.75) is 30.7 Å². The molecule has 0 spiro atoms. The number of sulfonamides is 1. The molecule has 1 saturated heterocycles. The van der Waals surface area contributed by atoms with Gasteiger partial charge in [0.2, 0.25) is 0 Å². The first-order chi connectivity index (χ1) is 12.5. The van der Waals surface area contributed by atoms with Crippen LogP contribution in [0.5, 0.6) is 0 Å². The Morgan fingerprint density at radius 3 is 2.48 bits per heavy atom. The van der Waals surface area contributed by atoms with Crippen LogP contribution >= 0.6 is 12.4 Å². The zero-order chi connectivity index (χ0) is 18.6. The Labute approximate surface area is 166 Å². The van der Waals surface area contributed by atoms with Gasteiger partial charge in [-0.3, -0.25) is 9.52 Å². The molecule has 1 aliphatic rings. The van der Waals surface area contributed by atoms with Gasteiger partial charge >= 0.3 is 0 Å². The Hall–Kier alpha value is -2.09. The molecule has 27 heavy (non-hydrogen) atoms. The molecule has 8 heteroatoms. The van der Waals surface area contributed by atoms with Gasteiger partial charge in [0, 0.05) is 12.6 Å². The summed E-state index contributed by atoms with van der Waals surface area (Å²) in [5.41, 5.74) is 1.56. The van der Waals surface area contributed by atoms with Gasteiger partial charge in [0.25, 0.3) is 15.9 Å². The summed E-state index contributed by atoms with van der Waals surface area (Å²) in [5, 5.41) is 6.22. The number of carbonyl (C=O) groups is 1. The summed E-state index contributed by atoms with van der Waals surface area (Å²) in [6, 6.07) is 13.3. The molecule has 3 rings (SSSR count). The summed E-state index contributed by atoms with van der Waals surface area (Å²) in [6.45, 7) is 3.58. The topological polar surface area (TPSA) is 87.3 Å². The van der Waals surface area contributed by atoms with Gasteiger partial charge in [0.1, 0.15) is 0 Å². The Bertz CT molecular complexity index is 879. The van der Waals surface area contributed by atoms with Crippen LogP contribution in [0.3, 0.4) is 0 Å². The molecule has 0 aromatic heterocycles. The molecule has 0 radical (unpaired) electrons. The van der Waals surface area contributed by atoms with Crippen molar-refractivity contribution in [3.8, 4) is 0 Å². The number of anilines is 1. The minimum Gasteiger partial charge on any atom is -0.348 e. The van der Waals surface area contributed by atoms with Gasteiger partial charge in [0.05, 0.1) is 16.1 Å². The summed E-state index contributed by atoms with van der Waals surface area (Å²) < 4.78 is 27.8. The zero-order valence-electron chi connectivity index (χ0n) is 15.1. The van der Waals surface area contributed by atoms with Crippen molar-refractivity contribution < 1.29 is 13.2 Å². The van der Waals surface area contributed by atoms with Gasteiger partial charge in [-0.2, -0.15) is 0 Å². The van der Waals surface area contributed by atoms with Crippen molar-refractivity contribution in [2.75, 3.05) is 17.8 Å². The number of piperidine rings is 1. The number of rotatable bonds is 5. The fraction of sp³-hybridized carbons (Fsp3) is 0.316. The van der Waals surface area contributed by atoms with E-state index in [-0.39, 0.29) is 34.9 Å². The van der Waals surface area contributed by atoms with Crippen LogP contribution in [0, 0.1) is 6.92 Å². The summed E-state index contributed by atoms with van der Waals surface area (Å²) in [5.74, 6) is -0.277. The number of carbonyl (C=O) groups excluding carboxylic acids is 1. The molecule has 1 heterocycles. The SMILES string of the molecule is Cc1ccc(S(=O)(=O)Nc2ccccc2C(=O)N[C@H]2CCCNC2)cc1.Cl. The lowest BCUT2D eigenvalue weighted by molar-refractivity contribution is 0.0931. The Morgan fingerprint density at radius 1 is 1.11 bits per heavy atom. The normalized spacial score (nSPS) is 16.9. The first-order valence-electron chi connectivity index (χ1n) is 8.66. The van der Waals surface area contributed by atoms with Crippen molar-refractivity contribution in [3.05, 3.63) is 59.7 Å². The highest BCUT2D eigenvalue weighted by Crippen LogP contribution is 2.21. The molecule has 1 fully saturated rings. The van der Waals surface area contributed by atoms with Gasteiger partial charge in [-0.25, -0.2) is 8.42 Å². The smallest absolute Gasteiger partial charge is 0.261 e. The van der Waals surface area contributed by atoms with Gasteiger partial charge in [-0.05, 0) is 50.6 Å². The van der Waals surface area contributed by atoms with Crippen molar-refractivity contribution in [3.63, 3.8) is 0 Å². The molecule has 146 valence electrons. The average Bonchev–Trinajstić information content (AvgIpc) is 2.63. The highest BCUT2D eigenvalue weighted by Gasteiger charge is 2.21. The average molecular weight is 410 g/mol. The first kappa shape index (κ1) is 21.2. The van der Waals surface area contributed by atoms with E-state index in [0.717, 1.165) is 31.5 Å². The second-order valence-electron chi connectivity index (χ2n) is 6.48. The number of hydrogen-bond acceptors (Lipinski definition) is 4. The predicted molar refractivity (Wildman–Crippen MR) is 109 cm³/mol. The minimum atomic E-state index is -3.76. The molecule has 0 aliphatic carbocycles. The van der Waals surface area contributed by atoms with Crippen LogP contribution < -0.4 is 15.4 Å². The number of benzene rings is 2. The van der Waals surface area contributed by atoms with Crippen LogP contribution in [0.25, 0.3) is 0 Å². The zero-order valence-corrected chi connectivity index (χ0v) is 16.7. The summed E-state index contributed by atoms with van der Waals surface area (Å²) in [7, 11) is -3.76. The number of aryl methyl sites for hydroxylation is 1. The number of para-hydroxylation sites is 1. The second-order valence-corrected chi connectivity index (χ2v) is 8.16. The number of amides is 1. The van der Waals surface area contributed by atoms with E-state index >= 15 is 0 Å². The highest BCUT2D eigenvalue weighted by atomic mass is 35.5. The molecule has 0 bridgehead atoms. The van der Waals surface area contributed by atoms with Crippen molar-refractivity contribution in [2.24, 2.45) is 0 Å². The minimum absolute atomic E-state index is 0. The lowest BCUT2D eigenvalue weighted by Crippen LogP contribution is -2.45. The van der Waals surface area contributed by atoms with Crippen LogP contribution in [0.4, 0.5) is 5.69 Å². The van der Waals surface area contributed by atoms with Crippen LogP contribution in [-0.4, -0.2) is 33.5 Å². The van der Waals surface area contributed by atoms with Gasteiger partial charge in [0.15, 0.2) is 0 Å². The van der Waals surface area contributed by atoms with E-state index < -0.39 is 10.0 Å². The maximum atomic E-state index is 12.6. The summed E-state index contributed by atoms with van der Waals surface area (Å²) in [4.78, 5) is 12.8. The van der Waals surface area contributed by atoms with Gasteiger partial charge < -0.3 is 10.6 Å². The Balaban J connectivity index is 0.00000261. The highest BCUT2D eigenvalue weighted by molar-refractivity contribution is 7.92. The molecule has 2 aromatic rings. The van der Waals surface area contributed by atoms with E-state index in [9.17, 15) is 13.2 Å². The van der Waals surface area contributed by atoms with Gasteiger partial charge in [-0.1, -0.05) is 29.8 Å². The molecular weight excluding hydrogens is 386 g/mol. The van der Waals surface area contributed by atoms with Crippen LogP contribution in [0.1, 0.15) is 28.8 Å². The second kappa shape index (κ2) is 9.21. The number of halogens is 1. The number of hydrogen-bond donors (Lipinski definition) is 3. The van der Waals surface area contributed by atoms with E-state index in [4.69, 9.17) is 0 Å². The molecule has 1 atom stereocenters. The van der Waals surface area contributed by atoms with Crippen molar-refractivity contribution in [1.29, 1.82) is 0 Å². The number of nitrogens with one attached hydrogen (secondary N) is 3. The largest absolute Gasteiger partial charge is 0.348 e. The lowest BCUT2D eigenvalue weighted by Gasteiger charge is -2.24. The van der Waals surface area contributed by atoms with E-state index in [2.05, 4.69) is 15.4 Å². The molecule has 3 N–H and O–H groups in total. The fourth-order valence-electron chi connectivity index (χ4n) is 2.93. The molecule has 1 amide bonds. The lowest BCUT2D eigenvalue weighted by atomic mass is 10.1. The van der Waals surface area contributed by atoms with E-state index in [1.54, 1.807) is 48.5 Å². The van der Waals surface area contributed by atoms with E-state index in [0.29, 0.717) is 5.56 Å². The van der Waals surface area contributed by atoms with Crippen molar-refractivity contribution in [1.82, 2.24) is 10.6 Å². The molecule has 0 unspecified atom stereocenters. The van der Waals surface area contributed by atoms with Gasteiger partial charge in [-0.15, -0.1) is 12.4 Å². The third-order valence-corrected chi connectivity index (χ3v) is 5.76. The Morgan fingerprint density at radius 2 is 1.81 bits per heavy atom. The van der Waals surface area contributed by atoms with Crippen LogP contribution in [-0.2, 0) is 10.0 Å². The summed E-state index contributed by atoms with van der Waals surface area (Å²) >= 11 is 0. The molecule has 2 aromatic carbocycles. The first-order valence-corrected chi connectivity index (χ1v) is 10.1. The molecular formula is C19H24ClN3O3S. The van der Waals surface area contributed by atoms with E-state index in [1.807, 2.05) is 6.92 Å². The third kappa shape index (κ3) is 5.45. The predicted octanol–water partition coefficient (Wildman–Crippen LogP) is 2.70. The van der Waals surface area contributed by atoms with E-state index in [1.165, 1.54) is 0 Å². The maximum Gasteiger partial charge on any atom is 0.261 e. The molecule has 1 aliphatic heterocycles. The summed E-state index contributed by atoms with van der Waals surface area (Å²) in [6.07, 6.45) is 1.92. The molecule has 0 saturated carbocycles. The maximum absolute atomic E-state index is 12.6.